The van der Waals surface area contributed by atoms with E-state index in [0.29, 0.717) is 12.1 Å². The fraction of sp³-hybridized carbons (Fsp3) is 1.00. The minimum atomic E-state index is 0.208. The second-order valence-corrected chi connectivity index (χ2v) is 6.01. The lowest BCUT2D eigenvalue weighted by atomic mass is 9.78. The van der Waals surface area contributed by atoms with Crippen LogP contribution in [0, 0.1) is 0 Å². The van der Waals surface area contributed by atoms with Crippen LogP contribution in [0.15, 0.2) is 0 Å². The van der Waals surface area contributed by atoms with Gasteiger partial charge in [-0.25, -0.2) is 0 Å². The van der Waals surface area contributed by atoms with Gasteiger partial charge in [0.25, 0.3) is 0 Å². The van der Waals surface area contributed by atoms with Crippen molar-refractivity contribution >= 4 is 0 Å². The first-order valence-electron chi connectivity index (χ1n) is 7.72. The molecule has 1 N–H and O–H groups in total. The molecule has 0 amide bonds. The van der Waals surface area contributed by atoms with Gasteiger partial charge in [-0.2, -0.15) is 0 Å². The number of rotatable bonds is 5. The van der Waals surface area contributed by atoms with Crippen molar-refractivity contribution in [1.82, 2.24) is 5.32 Å². The molecule has 0 aromatic rings. The Morgan fingerprint density at radius 2 is 2.11 bits per heavy atom. The van der Waals surface area contributed by atoms with Crippen LogP contribution in [0.25, 0.3) is 0 Å². The van der Waals surface area contributed by atoms with Crippen LogP contribution in [-0.2, 0) is 9.47 Å². The molecule has 18 heavy (non-hydrogen) atoms. The van der Waals surface area contributed by atoms with E-state index >= 15 is 0 Å². The van der Waals surface area contributed by atoms with Crippen molar-refractivity contribution in [3.05, 3.63) is 0 Å². The third-order valence-corrected chi connectivity index (χ3v) is 4.35. The molecule has 1 aliphatic carbocycles. The van der Waals surface area contributed by atoms with E-state index in [9.17, 15) is 0 Å². The van der Waals surface area contributed by atoms with Gasteiger partial charge in [0.15, 0.2) is 0 Å². The minimum absolute atomic E-state index is 0.208. The number of ether oxygens (including phenoxy) is 2. The molecule has 106 valence electrons. The molecule has 1 aliphatic heterocycles. The van der Waals surface area contributed by atoms with E-state index in [1.54, 1.807) is 0 Å². The number of hydrogen-bond acceptors (Lipinski definition) is 3. The van der Waals surface area contributed by atoms with Gasteiger partial charge < -0.3 is 14.8 Å². The highest BCUT2D eigenvalue weighted by atomic mass is 16.5. The molecule has 1 heterocycles. The lowest BCUT2D eigenvalue weighted by molar-refractivity contribution is -0.110. The maximum absolute atomic E-state index is 6.13. The van der Waals surface area contributed by atoms with Crippen LogP contribution in [0.3, 0.4) is 0 Å². The summed E-state index contributed by atoms with van der Waals surface area (Å²) >= 11 is 0. The van der Waals surface area contributed by atoms with Crippen molar-refractivity contribution < 1.29 is 9.47 Å². The molecule has 1 spiro atoms. The summed E-state index contributed by atoms with van der Waals surface area (Å²) in [6.07, 6.45) is 8.98. The highest BCUT2D eigenvalue weighted by molar-refractivity contribution is 4.92. The van der Waals surface area contributed by atoms with Crippen molar-refractivity contribution in [3.8, 4) is 0 Å². The molecule has 0 radical (unpaired) electrons. The highest BCUT2D eigenvalue weighted by Crippen LogP contribution is 2.38. The zero-order chi connectivity index (χ0) is 12.8. The molecule has 1 saturated carbocycles. The average Bonchev–Trinajstić information content (AvgIpc) is 2.37. The summed E-state index contributed by atoms with van der Waals surface area (Å²) in [5, 5.41) is 3.72. The predicted molar refractivity (Wildman–Crippen MR) is 73.9 cm³/mol. The van der Waals surface area contributed by atoms with Gasteiger partial charge in [-0.15, -0.1) is 0 Å². The maximum Gasteiger partial charge on any atom is 0.0697 e. The van der Waals surface area contributed by atoms with Crippen LogP contribution in [0.2, 0.25) is 0 Å². The molecule has 0 bridgehead atoms. The van der Waals surface area contributed by atoms with E-state index < -0.39 is 0 Å². The van der Waals surface area contributed by atoms with E-state index in [1.165, 1.54) is 38.5 Å². The minimum Gasteiger partial charge on any atom is -0.380 e. The second-order valence-electron chi connectivity index (χ2n) is 6.01. The lowest BCUT2D eigenvalue weighted by Gasteiger charge is -2.44. The zero-order valence-corrected chi connectivity index (χ0v) is 12.0. The van der Waals surface area contributed by atoms with Crippen molar-refractivity contribution in [2.45, 2.75) is 76.5 Å². The summed E-state index contributed by atoms with van der Waals surface area (Å²) in [4.78, 5) is 0. The molecule has 2 atom stereocenters. The fourth-order valence-corrected chi connectivity index (χ4v) is 3.46. The molecule has 2 fully saturated rings. The summed E-state index contributed by atoms with van der Waals surface area (Å²) < 4.78 is 11.6. The van der Waals surface area contributed by atoms with Crippen molar-refractivity contribution in [1.29, 1.82) is 0 Å². The van der Waals surface area contributed by atoms with E-state index in [1.807, 2.05) is 0 Å². The topological polar surface area (TPSA) is 30.5 Å². The Bertz CT molecular complexity index is 233. The molecule has 2 unspecified atom stereocenters. The van der Waals surface area contributed by atoms with Gasteiger partial charge in [0, 0.05) is 25.3 Å². The van der Waals surface area contributed by atoms with Crippen molar-refractivity contribution in [2.24, 2.45) is 0 Å². The third-order valence-electron chi connectivity index (χ3n) is 4.35. The van der Waals surface area contributed by atoms with E-state index in [4.69, 9.17) is 9.47 Å². The van der Waals surface area contributed by atoms with E-state index in [2.05, 4.69) is 19.2 Å². The quantitative estimate of drug-likeness (QED) is 0.819. The molecule has 0 aromatic carbocycles. The third kappa shape index (κ3) is 3.94. The first kappa shape index (κ1) is 14.3. The largest absolute Gasteiger partial charge is 0.380 e. The molecule has 1 saturated heterocycles. The summed E-state index contributed by atoms with van der Waals surface area (Å²) in [5.74, 6) is 0. The smallest absolute Gasteiger partial charge is 0.0697 e. The van der Waals surface area contributed by atoms with Gasteiger partial charge >= 0.3 is 0 Å². The zero-order valence-electron chi connectivity index (χ0n) is 12.0. The Morgan fingerprint density at radius 1 is 1.33 bits per heavy atom. The Labute approximate surface area is 112 Å². The lowest BCUT2D eigenvalue weighted by Crippen LogP contribution is -2.50. The van der Waals surface area contributed by atoms with E-state index in [-0.39, 0.29) is 5.60 Å². The first-order chi connectivity index (χ1) is 8.74. The van der Waals surface area contributed by atoms with Crippen LogP contribution >= 0.6 is 0 Å². The van der Waals surface area contributed by atoms with Crippen LogP contribution < -0.4 is 5.32 Å². The van der Waals surface area contributed by atoms with Gasteiger partial charge in [-0.3, -0.25) is 0 Å². The standard InChI is InChI=1S/C15H29NO2/c1-3-17-12-13(2)16-14-7-10-18-15(11-14)8-5-4-6-9-15/h13-14,16H,3-12H2,1-2H3. The van der Waals surface area contributed by atoms with Crippen molar-refractivity contribution in [2.75, 3.05) is 19.8 Å². The molecular weight excluding hydrogens is 226 g/mol. The van der Waals surface area contributed by atoms with Crippen LogP contribution in [0.5, 0.6) is 0 Å². The normalized spacial score (nSPS) is 29.3. The monoisotopic (exact) mass is 255 g/mol. The SMILES string of the molecule is CCOCC(C)NC1CCOC2(CCCCC2)C1. The Balaban J connectivity index is 1.79. The fourth-order valence-electron chi connectivity index (χ4n) is 3.46. The molecule has 3 nitrogen and oxygen atoms in total. The summed E-state index contributed by atoms with van der Waals surface area (Å²) in [5.41, 5.74) is 0.208. The Hall–Kier alpha value is -0.120. The van der Waals surface area contributed by atoms with Gasteiger partial charge in [-0.05, 0) is 39.5 Å². The summed E-state index contributed by atoms with van der Waals surface area (Å²) in [6.45, 7) is 6.83. The Morgan fingerprint density at radius 3 is 2.83 bits per heavy atom. The summed E-state index contributed by atoms with van der Waals surface area (Å²) in [6, 6.07) is 1.07. The first-order valence-corrected chi connectivity index (χ1v) is 7.72. The molecule has 2 rings (SSSR count). The maximum atomic E-state index is 6.13. The number of hydrogen-bond donors (Lipinski definition) is 1. The van der Waals surface area contributed by atoms with Gasteiger partial charge in [0.05, 0.1) is 12.2 Å². The molecule has 3 heteroatoms. The highest BCUT2D eigenvalue weighted by Gasteiger charge is 2.38. The molecule has 2 aliphatic rings. The van der Waals surface area contributed by atoms with Crippen LogP contribution in [0.4, 0.5) is 0 Å². The van der Waals surface area contributed by atoms with Gasteiger partial charge in [0.1, 0.15) is 0 Å². The van der Waals surface area contributed by atoms with Gasteiger partial charge in [-0.1, -0.05) is 19.3 Å². The van der Waals surface area contributed by atoms with E-state index in [0.717, 1.165) is 26.2 Å². The predicted octanol–water partition coefficient (Wildman–Crippen LogP) is 2.88. The van der Waals surface area contributed by atoms with Crippen LogP contribution in [-0.4, -0.2) is 37.5 Å². The number of nitrogens with one attached hydrogen (secondary N) is 1. The second kappa shape index (κ2) is 6.88. The molecular formula is C15H29NO2. The molecule has 0 aromatic heterocycles. The average molecular weight is 255 g/mol. The van der Waals surface area contributed by atoms with Gasteiger partial charge in [0.2, 0.25) is 0 Å². The summed E-state index contributed by atoms with van der Waals surface area (Å²) in [7, 11) is 0. The van der Waals surface area contributed by atoms with Crippen LogP contribution in [0.1, 0.15) is 58.8 Å². The van der Waals surface area contributed by atoms with Crippen molar-refractivity contribution in [3.63, 3.8) is 0 Å². The Kier molecular flexibility index (Phi) is 5.46.